The SMILES string of the molecule is COC(=O)c1oc2c(C(C)=O)c(OCCN3CCOCC3)c(OC)cc2c1C.Cl. The number of ether oxygens (including phenoxy) is 4. The summed E-state index contributed by atoms with van der Waals surface area (Å²) in [5.41, 5.74) is 1.14. The Bertz CT molecular complexity index is 887. The Balaban J connectivity index is 0.00000300. The van der Waals surface area contributed by atoms with Gasteiger partial charge in [-0.05, 0) is 19.9 Å². The average Bonchev–Trinajstić information content (AvgIpc) is 3.03. The molecule has 8 nitrogen and oxygen atoms in total. The van der Waals surface area contributed by atoms with Crippen LogP contribution in [0.5, 0.6) is 11.5 Å². The highest BCUT2D eigenvalue weighted by Gasteiger charge is 2.27. The van der Waals surface area contributed by atoms with Gasteiger partial charge < -0.3 is 23.4 Å². The molecule has 0 unspecified atom stereocenters. The van der Waals surface area contributed by atoms with Gasteiger partial charge in [-0.1, -0.05) is 0 Å². The molecule has 1 aliphatic heterocycles. The third kappa shape index (κ3) is 4.66. The molecule has 0 atom stereocenters. The fourth-order valence-corrected chi connectivity index (χ4v) is 3.31. The van der Waals surface area contributed by atoms with Gasteiger partial charge in [0.2, 0.25) is 5.76 Å². The number of morpholine rings is 1. The van der Waals surface area contributed by atoms with Crippen LogP contribution in [0.3, 0.4) is 0 Å². The summed E-state index contributed by atoms with van der Waals surface area (Å²) >= 11 is 0. The van der Waals surface area contributed by atoms with Crippen molar-refractivity contribution in [1.82, 2.24) is 4.90 Å². The van der Waals surface area contributed by atoms with Crippen LogP contribution in [-0.4, -0.2) is 70.3 Å². The van der Waals surface area contributed by atoms with Crippen molar-refractivity contribution in [2.75, 3.05) is 53.7 Å². The minimum atomic E-state index is -0.600. The van der Waals surface area contributed by atoms with Gasteiger partial charge in [0.05, 0.1) is 27.4 Å². The lowest BCUT2D eigenvalue weighted by molar-refractivity contribution is 0.0320. The second kappa shape index (κ2) is 9.96. The lowest BCUT2D eigenvalue weighted by Crippen LogP contribution is -2.38. The Morgan fingerprint density at radius 2 is 1.90 bits per heavy atom. The highest BCUT2D eigenvalue weighted by Crippen LogP contribution is 2.41. The van der Waals surface area contributed by atoms with Crippen LogP contribution in [0.1, 0.15) is 33.4 Å². The van der Waals surface area contributed by atoms with Crippen LogP contribution in [0.2, 0.25) is 0 Å². The van der Waals surface area contributed by atoms with Crippen molar-refractivity contribution in [1.29, 1.82) is 0 Å². The number of halogens is 1. The zero-order valence-electron chi connectivity index (χ0n) is 17.0. The number of furan rings is 1. The van der Waals surface area contributed by atoms with Crippen LogP contribution < -0.4 is 9.47 Å². The minimum absolute atomic E-state index is 0. The Kier molecular flexibility index (Phi) is 7.89. The Morgan fingerprint density at radius 3 is 2.48 bits per heavy atom. The van der Waals surface area contributed by atoms with Gasteiger partial charge in [0, 0.05) is 30.6 Å². The van der Waals surface area contributed by atoms with E-state index < -0.39 is 5.97 Å². The van der Waals surface area contributed by atoms with E-state index in [0.717, 1.165) is 13.1 Å². The highest BCUT2D eigenvalue weighted by molar-refractivity contribution is 6.10. The minimum Gasteiger partial charge on any atom is -0.493 e. The summed E-state index contributed by atoms with van der Waals surface area (Å²) < 4.78 is 27.3. The first-order valence-electron chi connectivity index (χ1n) is 9.14. The standard InChI is InChI=1S/C20H25NO7.ClH/c1-12-14-11-15(24-3)19(27-10-7-21-5-8-26-9-6-21)16(13(2)22)18(14)28-17(12)20(23)25-4;/h11H,5-10H2,1-4H3;1H. The molecule has 2 heterocycles. The van der Waals surface area contributed by atoms with Crippen LogP contribution >= 0.6 is 12.4 Å². The largest absolute Gasteiger partial charge is 0.493 e. The van der Waals surface area contributed by atoms with Crippen molar-refractivity contribution in [2.24, 2.45) is 0 Å². The predicted molar refractivity (Wildman–Crippen MR) is 109 cm³/mol. The Hall–Kier alpha value is -2.29. The fourth-order valence-electron chi connectivity index (χ4n) is 3.31. The van der Waals surface area contributed by atoms with Crippen molar-refractivity contribution in [3.63, 3.8) is 0 Å². The quantitative estimate of drug-likeness (QED) is 0.492. The van der Waals surface area contributed by atoms with Crippen molar-refractivity contribution < 1.29 is 33.0 Å². The van der Waals surface area contributed by atoms with E-state index in [1.165, 1.54) is 21.1 Å². The van der Waals surface area contributed by atoms with Gasteiger partial charge in [-0.15, -0.1) is 12.4 Å². The average molecular weight is 428 g/mol. The van der Waals surface area contributed by atoms with E-state index in [4.69, 9.17) is 23.4 Å². The molecule has 1 saturated heterocycles. The molecule has 29 heavy (non-hydrogen) atoms. The number of aryl methyl sites for hydroxylation is 1. The molecule has 1 aromatic carbocycles. The molecule has 0 radical (unpaired) electrons. The normalized spacial score (nSPS) is 14.3. The van der Waals surface area contributed by atoms with Gasteiger partial charge in [-0.2, -0.15) is 0 Å². The zero-order valence-corrected chi connectivity index (χ0v) is 17.8. The summed E-state index contributed by atoms with van der Waals surface area (Å²) in [4.78, 5) is 26.7. The number of nitrogens with zero attached hydrogens (tertiary/aromatic N) is 1. The van der Waals surface area contributed by atoms with Gasteiger partial charge in [0.25, 0.3) is 0 Å². The van der Waals surface area contributed by atoms with Crippen LogP contribution in [0.4, 0.5) is 0 Å². The summed E-state index contributed by atoms with van der Waals surface area (Å²) in [7, 11) is 2.79. The highest BCUT2D eigenvalue weighted by atomic mass is 35.5. The Morgan fingerprint density at radius 1 is 1.21 bits per heavy atom. The number of carbonyl (C=O) groups is 2. The van der Waals surface area contributed by atoms with E-state index in [0.29, 0.717) is 54.4 Å². The molecule has 3 rings (SSSR count). The van der Waals surface area contributed by atoms with Gasteiger partial charge in [0.15, 0.2) is 17.3 Å². The maximum atomic E-state index is 12.4. The topological polar surface area (TPSA) is 87.4 Å². The predicted octanol–water partition coefficient (Wildman–Crippen LogP) is 2.87. The maximum Gasteiger partial charge on any atom is 0.374 e. The number of ketones is 1. The summed E-state index contributed by atoms with van der Waals surface area (Å²) in [5, 5.41) is 0.614. The van der Waals surface area contributed by atoms with Crippen LogP contribution in [-0.2, 0) is 9.47 Å². The van der Waals surface area contributed by atoms with Gasteiger partial charge >= 0.3 is 5.97 Å². The summed E-state index contributed by atoms with van der Waals surface area (Å²) in [6.45, 7) is 7.35. The molecule has 0 bridgehead atoms. The van der Waals surface area contributed by atoms with E-state index in [-0.39, 0.29) is 29.5 Å². The smallest absolute Gasteiger partial charge is 0.374 e. The summed E-state index contributed by atoms with van der Waals surface area (Å²) in [5.74, 6) is -0.0409. The molecule has 0 N–H and O–H groups in total. The lowest BCUT2D eigenvalue weighted by atomic mass is 10.0. The third-order valence-electron chi connectivity index (χ3n) is 4.85. The molecule has 0 aliphatic carbocycles. The maximum absolute atomic E-state index is 12.4. The number of esters is 1. The first-order chi connectivity index (χ1) is 13.5. The zero-order chi connectivity index (χ0) is 20.3. The fraction of sp³-hybridized carbons (Fsp3) is 0.500. The van der Waals surface area contributed by atoms with Crippen LogP contribution in [0.15, 0.2) is 10.5 Å². The Labute approximate surface area is 175 Å². The second-order valence-corrected chi connectivity index (χ2v) is 6.57. The van der Waals surface area contributed by atoms with E-state index >= 15 is 0 Å². The molecule has 0 spiro atoms. The number of hydrogen-bond acceptors (Lipinski definition) is 8. The molecule has 9 heteroatoms. The molecule has 0 saturated carbocycles. The lowest BCUT2D eigenvalue weighted by Gasteiger charge is -2.26. The number of hydrogen-bond donors (Lipinski definition) is 0. The second-order valence-electron chi connectivity index (χ2n) is 6.57. The first kappa shape index (κ1) is 23.0. The third-order valence-corrected chi connectivity index (χ3v) is 4.85. The molecule has 160 valence electrons. The van der Waals surface area contributed by atoms with E-state index in [2.05, 4.69) is 4.90 Å². The molecule has 2 aromatic rings. The van der Waals surface area contributed by atoms with Crippen molar-refractivity contribution in [3.8, 4) is 11.5 Å². The number of methoxy groups -OCH3 is 2. The number of rotatable bonds is 7. The van der Waals surface area contributed by atoms with Crippen molar-refractivity contribution in [3.05, 3.63) is 23.0 Å². The van der Waals surface area contributed by atoms with Crippen LogP contribution in [0.25, 0.3) is 11.0 Å². The number of benzene rings is 1. The van der Waals surface area contributed by atoms with Crippen molar-refractivity contribution >= 4 is 35.1 Å². The van der Waals surface area contributed by atoms with E-state index in [1.807, 2.05) is 0 Å². The summed E-state index contributed by atoms with van der Waals surface area (Å²) in [6.07, 6.45) is 0. The molecule has 1 fully saturated rings. The number of carbonyl (C=O) groups excluding carboxylic acids is 2. The van der Waals surface area contributed by atoms with Crippen LogP contribution in [0, 0.1) is 6.92 Å². The molecular formula is C20H26ClNO7. The summed E-state index contributed by atoms with van der Waals surface area (Å²) in [6, 6.07) is 1.72. The molecule has 0 amide bonds. The first-order valence-corrected chi connectivity index (χ1v) is 9.14. The molecular weight excluding hydrogens is 402 g/mol. The van der Waals surface area contributed by atoms with E-state index in [9.17, 15) is 9.59 Å². The van der Waals surface area contributed by atoms with Crippen molar-refractivity contribution in [2.45, 2.75) is 13.8 Å². The number of fused-ring (bicyclic) bond motifs is 1. The van der Waals surface area contributed by atoms with Gasteiger partial charge in [0.1, 0.15) is 17.8 Å². The van der Waals surface area contributed by atoms with E-state index in [1.54, 1.807) is 13.0 Å². The number of Topliss-reactive ketones (excluding diaryl/α,β-unsaturated/α-hetero) is 1. The van der Waals surface area contributed by atoms with Gasteiger partial charge in [-0.25, -0.2) is 4.79 Å². The van der Waals surface area contributed by atoms with Gasteiger partial charge in [-0.3, -0.25) is 9.69 Å². The monoisotopic (exact) mass is 427 g/mol. The molecule has 1 aromatic heterocycles. The molecule has 1 aliphatic rings.